The van der Waals surface area contributed by atoms with Crippen molar-refractivity contribution >= 4 is 29.3 Å². The van der Waals surface area contributed by atoms with Crippen LogP contribution in [-0.2, 0) is 9.53 Å². The molecule has 2 aliphatic heterocycles. The number of hydrogen-bond donors (Lipinski definition) is 3. The van der Waals surface area contributed by atoms with E-state index in [0.29, 0.717) is 44.0 Å². The lowest BCUT2D eigenvalue weighted by Gasteiger charge is -2.39. The van der Waals surface area contributed by atoms with E-state index in [9.17, 15) is 23.1 Å². The fourth-order valence-corrected chi connectivity index (χ4v) is 5.85. The number of carbonyl (C=O) groups is 1. The molecule has 2 fully saturated rings. The number of aromatic hydroxyl groups is 1. The van der Waals surface area contributed by atoms with Gasteiger partial charge < -0.3 is 30.5 Å². The number of rotatable bonds is 7. The number of nitrogen functional groups attached to an aromatic ring is 1. The fraction of sp³-hybridized carbons (Fsp3) is 0.414. The molecular formula is C29H31ClF3N5O4. The number of aromatic nitrogens is 2. The van der Waals surface area contributed by atoms with E-state index in [4.69, 9.17) is 26.8 Å². The van der Waals surface area contributed by atoms with E-state index in [1.54, 1.807) is 13.0 Å². The molecule has 9 nitrogen and oxygen atoms in total. The molecule has 2 aromatic carbocycles. The number of phenolic OH excluding ortho intramolecular Hbond substituents is 1. The average Bonchev–Trinajstić information content (AvgIpc) is 3.35. The van der Waals surface area contributed by atoms with Gasteiger partial charge in [0.2, 0.25) is 17.9 Å². The number of ether oxygens (including phenoxy) is 2. The van der Waals surface area contributed by atoms with Crippen LogP contribution in [0.3, 0.4) is 0 Å². The summed E-state index contributed by atoms with van der Waals surface area (Å²) in [5.41, 5.74) is 6.12. The number of nitrogens with one attached hydrogen (secondary N) is 1. The second-order valence-electron chi connectivity index (χ2n) is 10.6. The van der Waals surface area contributed by atoms with Gasteiger partial charge in [0.05, 0.1) is 6.61 Å². The van der Waals surface area contributed by atoms with Gasteiger partial charge in [0.15, 0.2) is 0 Å². The average molecular weight is 606 g/mol. The Kier molecular flexibility index (Phi) is 8.38. The fourth-order valence-electron chi connectivity index (χ4n) is 5.68. The van der Waals surface area contributed by atoms with Gasteiger partial charge in [-0.25, -0.2) is 0 Å². The van der Waals surface area contributed by atoms with Crippen LogP contribution in [0.1, 0.15) is 37.9 Å². The van der Waals surface area contributed by atoms with E-state index in [0.717, 1.165) is 12.8 Å². The lowest BCUT2D eigenvalue weighted by molar-refractivity contribution is -0.198. The minimum Gasteiger partial charge on any atom is -0.508 e. The summed E-state index contributed by atoms with van der Waals surface area (Å²) in [4.78, 5) is 22.3. The second kappa shape index (κ2) is 11.8. The van der Waals surface area contributed by atoms with E-state index in [2.05, 4.69) is 15.3 Å². The van der Waals surface area contributed by atoms with E-state index in [1.807, 2.05) is 4.90 Å². The molecule has 4 N–H and O–H groups in total. The first-order chi connectivity index (χ1) is 20.0. The van der Waals surface area contributed by atoms with Crippen LogP contribution in [0.4, 0.5) is 24.9 Å². The SMILES string of the molecule is CCOC(=O)[C@@H]1CC2(CCN(c3cc(O[C@H](c4ccc(Cl)cc4-c4cccc(O)c4)C(F)(F)F)nc(N)n3)CC2)CN1. The number of carbonyl (C=O) groups excluding carboxylic acids is 1. The molecule has 224 valence electrons. The Labute approximate surface area is 245 Å². The Balaban J connectivity index is 1.37. The molecule has 0 aliphatic carbocycles. The number of halogens is 4. The van der Waals surface area contributed by atoms with Gasteiger partial charge in [-0.3, -0.25) is 4.79 Å². The number of esters is 1. The zero-order chi connectivity index (χ0) is 30.1. The Morgan fingerprint density at radius 2 is 1.98 bits per heavy atom. The van der Waals surface area contributed by atoms with Crippen molar-refractivity contribution in [3.05, 3.63) is 59.1 Å². The van der Waals surface area contributed by atoms with Crippen LogP contribution in [0.25, 0.3) is 11.1 Å². The first kappa shape index (κ1) is 29.7. The van der Waals surface area contributed by atoms with Gasteiger partial charge in [0.1, 0.15) is 17.6 Å². The third-order valence-electron chi connectivity index (χ3n) is 7.78. The Morgan fingerprint density at radius 1 is 1.21 bits per heavy atom. The summed E-state index contributed by atoms with van der Waals surface area (Å²) >= 11 is 6.14. The van der Waals surface area contributed by atoms with Gasteiger partial charge in [0, 0.05) is 36.3 Å². The Hall–Kier alpha value is -3.77. The lowest BCUT2D eigenvalue weighted by atomic mass is 9.76. The number of hydrogen-bond acceptors (Lipinski definition) is 9. The van der Waals surface area contributed by atoms with Gasteiger partial charge in [-0.1, -0.05) is 29.8 Å². The van der Waals surface area contributed by atoms with Crippen molar-refractivity contribution in [1.82, 2.24) is 15.3 Å². The van der Waals surface area contributed by atoms with E-state index < -0.39 is 12.3 Å². The zero-order valence-electron chi connectivity index (χ0n) is 22.8. The normalized spacial score (nSPS) is 19.1. The van der Waals surface area contributed by atoms with Gasteiger partial charge >= 0.3 is 12.1 Å². The number of anilines is 2. The van der Waals surface area contributed by atoms with Crippen molar-refractivity contribution in [3.63, 3.8) is 0 Å². The third kappa shape index (κ3) is 6.49. The van der Waals surface area contributed by atoms with Crippen LogP contribution in [0.5, 0.6) is 11.6 Å². The predicted molar refractivity (Wildman–Crippen MR) is 151 cm³/mol. The van der Waals surface area contributed by atoms with Gasteiger partial charge in [-0.15, -0.1) is 0 Å². The van der Waals surface area contributed by atoms with Crippen LogP contribution < -0.4 is 20.7 Å². The Morgan fingerprint density at radius 3 is 2.67 bits per heavy atom. The third-order valence-corrected chi connectivity index (χ3v) is 8.01. The molecule has 42 heavy (non-hydrogen) atoms. The van der Waals surface area contributed by atoms with Crippen molar-refractivity contribution in [2.45, 2.75) is 44.5 Å². The van der Waals surface area contributed by atoms with Crippen LogP contribution in [0.2, 0.25) is 5.02 Å². The first-order valence-electron chi connectivity index (χ1n) is 13.6. The summed E-state index contributed by atoms with van der Waals surface area (Å²) < 4.78 is 54.2. The lowest BCUT2D eigenvalue weighted by Crippen LogP contribution is -2.41. The number of alkyl halides is 3. The van der Waals surface area contributed by atoms with Crippen molar-refractivity contribution < 1.29 is 32.5 Å². The highest BCUT2D eigenvalue weighted by Crippen LogP contribution is 2.44. The van der Waals surface area contributed by atoms with Crippen molar-refractivity contribution in [2.75, 3.05) is 36.9 Å². The molecule has 2 atom stereocenters. The second-order valence-corrected chi connectivity index (χ2v) is 11.1. The standard InChI is InChI=1S/C29H31ClF3N5O4/c1-2-41-26(40)22-15-28(16-35-22)8-10-38(11-9-28)23-14-24(37-27(34)36-23)42-25(29(31,32)33)20-7-6-18(30)13-21(20)17-4-3-5-19(39)12-17/h3-7,12-14,22,25,35,39H,2,8-11,15-16H2,1H3,(H2,34,36,37)/t22-,25+/m0/s1. The number of benzene rings is 2. The molecule has 1 spiro atoms. The highest BCUT2D eigenvalue weighted by atomic mass is 35.5. The number of phenols is 1. The molecule has 5 rings (SSSR count). The van der Waals surface area contributed by atoms with Crippen molar-refractivity contribution in [1.29, 1.82) is 0 Å². The summed E-state index contributed by atoms with van der Waals surface area (Å²) in [5.74, 6) is -0.566. The zero-order valence-corrected chi connectivity index (χ0v) is 23.6. The van der Waals surface area contributed by atoms with Gasteiger partial charge in [-0.2, -0.15) is 23.1 Å². The maximum atomic E-state index is 14.5. The minimum absolute atomic E-state index is 0.0793. The Bertz CT molecular complexity index is 1450. The molecule has 0 radical (unpaired) electrons. The van der Waals surface area contributed by atoms with E-state index in [-0.39, 0.29) is 51.2 Å². The molecule has 1 aromatic heterocycles. The molecular weight excluding hydrogens is 575 g/mol. The first-order valence-corrected chi connectivity index (χ1v) is 14.0. The molecule has 0 saturated carbocycles. The summed E-state index contributed by atoms with van der Waals surface area (Å²) in [6.07, 6.45) is -5.08. The topological polar surface area (TPSA) is 123 Å². The van der Waals surface area contributed by atoms with Gasteiger partial charge in [-0.05, 0) is 67.0 Å². The molecule has 13 heteroatoms. The largest absolute Gasteiger partial charge is 0.508 e. The van der Waals surface area contributed by atoms with E-state index in [1.165, 1.54) is 42.5 Å². The van der Waals surface area contributed by atoms with Crippen LogP contribution in [-0.4, -0.2) is 59.5 Å². The molecule has 0 amide bonds. The molecule has 3 heterocycles. The molecule has 0 bridgehead atoms. The van der Waals surface area contributed by atoms with Crippen molar-refractivity contribution in [2.24, 2.45) is 5.41 Å². The molecule has 2 saturated heterocycles. The van der Waals surface area contributed by atoms with Gasteiger partial charge in [0.25, 0.3) is 0 Å². The van der Waals surface area contributed by atoms with Crippen molar-refractivity contribution in [3.8, 4) is 22.8 Å². The number of piperidine rings is 1. The highest BCUT2D eigenvalue weighted by molar-refractivity contribution is 6.30. The minimum atomic E-state index is -4.83. The maximum absolute atomic E-state index is 14.5. The number of nitrogens with zero attached hydrogens (tertiary/aromatic N) is 3. The predicted octanol–water partition coefficient (Wildman–Crippen LogP) is 5.28. The van der Waals surface area contributed by atoms with Crippen LogP contribution in [0, 0.1) is 5.41 Å². The van der Waals surface area contributed by atoms with E-state index >= 15 is 0 Å². The molecule has 3 aromatic rings. The summed E-state index contributed by atoms with van der Waals surface area (Å²) in [7, 11) is 0. The smallest absolute Gasteiger partial charge is 0.429 e. The summed E-state index contributed by atoms with van der Waals surface area (Å²) in [6, 6.07) is 10.9. The summed E-state index contributed by atoms with van der Waals surface area (Å²) in [5, 5.41) is 13.4. The monoisotopic (exact) mass is 605 g/mol. The number of nitrogens with two attached hydrogens (primary N) is 1. The maximum Gasteiger partial charge on any atom is 0.429 e. The molecule has 0 unspecified atom stereocenters. The molecule has 2 aliphatic rings. The van der Waals surface area contributed by atoms with Crippen LogP contribution >= 0.6 is 11.6 Å². The highest BCUT2D eigenvalue weighted by Gasteiger charge is 2.46. The summed E-state index contributed by atoms with van der Waals surface area (Å²) in [6.45, 7) is 3.90. The van der Waals surface area contributed by atoms with Crippen LogP contribution in [0.15, 0.2) is 48.5 Å². The quantitative estimate of drug-likeness (QED) is 0.309.